The van der Waals surface area contributed by atoms with Crippen LogP contribution in [0.25, 0.3) is 6.08 Å². The van der Waals surface area contributed by atoms with E-state index in [1.807, 2.05) is 26.8 Å². The molecule has 0 fully saturated rings. The fourth-order valence-electron chi connectivity index (χ4n) is 3.69. The van der Waals surface area contributed by atoms with Crippen LogP contribution in [0.15, 0.2) is 6.08 Å². The Bertz CT molecular complexity index is 836. The molecule has 0 unspecified atom stereocenters. The summed E-state index contributed by atoms with van der Waals surface area (Å²) in [6.45, 7) is 9.20. The van der Waals surface area contributed by atoms with Crippen LogP contribution in [0.3, 0.4) is 0 Å². The summed E-state index contributed by atoms with van der Waals surface area (Å²) in [5.41, 5.74) is 0.477. The molecule has 1 aromatic carbocycles. The maximum atomic E-state index is 12.9. The van der Waals surface area contributed by atoms with Crippen LogP contribution >= 0.6 is 0 Å². The lowest BCUT2D eigenvalue weighted by atomic mass is 9.81. The molecular weight excluding hydrogens is 348 g/mol. The van der Waals surface area contributed by atoms with Crippen LogP contribution in [0, 0.1) is 5.92 Å². The van der Waals surface area contributed by atoms with E-state index >= 15 is 0 Å². The highest BCUT2D eigenvalue weighted by Gasteiger charge is 2.41. The van der Waals surface area contributed by atoms with Crippen molar-refractivity contribution in [2.45, 2.75) is 65.1 Å². The summed E-state index contributed by atoms with van der Waals surface area (Å²) in [7, 11) is 0. The monoisotopic (exact) mass is 374 g/mol. The number of hydrogen-bond acceptors (Lipinski definition) is 5. The number of hydrogen-bond donors (Lipinski definition) is 2. The first-order valence-electron chi connectivity index (χ1n) is 9.31. The van der Waals surface area contributed by atoms with Crippen molar-refractivity contribution in [1.82, 2.24) is 0 Å². The van der Waals surface area contributed by atoms with Gasteiger partial charge < -0.3 is 19.7 Å². The minimum absolute atomic E-state index is 0.116. The quantitative estimate of drug-likeness (QED) is 0.823. The Morgan fingerprint density at radius 2 is 1.96 bits per heavy atom. The van der Waals surface area contributed by atoms with E-state index in [0.717, 1.165) is 0 Å². The highest BCUT2D eigenvalue weighted by molar-refractivity contribution is 6.06. The lowest BCUT2D eigenvalue weighted by molar-refractivity contribution is -0.137. The SMILES string of the molecule is CC[C@H](CC(=O)O)c1c2c(c(O)c3c1O[C@H](C)[C@@H](C)C3=O)C=CC(C)(C)O2. The third kappa shape index (κ3) is 3.17. The molecule has 0 aromatic heterocycles. The molecule has 2 heterocycles. The van der Waals surface area contributed by atoms with Gasteiger partial charge in [-0.2, -0.15) is 0 Å². The number of carbonyl (C=O) groups excluding carboxylic acids is 1. The smallest absolute Gasteiger partial charge is 0.303 e. The second-order valence-electron chi connectivity index (χ2n) is 7.93. The van der Waals surface area contributed by atoms with Crippen LogP contribution in [0.2, 0.25) is 0 Å². The molecule has 1 aromatic rings. The second-order valence-corrected chi connectivity index (χ2v) is 7.93. The van der Waals surface area contributed by atoms with E-state index in [-0.39, 0.29) is 35.4 Å². The Balaban J connectivity index is 2.35. The zero-order valence-corrected chi connectivity index (χ0v) is 16.3. The molecule has 0 bridgehead atoms. The van der Waals surface area contributed by atoms with E-state index in [9.17, 15) is 19.8 Å². The molecule has 0 spiro atoms. The molecule has 6 nitrogen and oxygen atoms in total. The summed E-state index contributed by atoms with van der Waals surface area (Å²) in [5, 5.41) is 20.2. The molecule has 3 atom stereocenters. The van der Waals surface area contributed by atoms with Crippen molar-refractivity contribution in [3.8, 4) is 17.2 Å². The van der Waals surface area contributed by atoms with Crippen LogP contribution in [-0.2, 0) is 4.79 Å². The molecule has 27 heavy (non-hydrogen) atoms. The number of phenolic OH excluding ortho intramolecular Hbond substituents is 1. The summed E-state index contributed by atoms with van der Waals surface area (Å²) in [4.78, 5) is 24.4. The first-order chi connectivity index (χ1) is 12.6. The van der Waals surface area contributed by atoms with E-state index in [4.69, 9.17) is 9.47 Å². The minimum Gasteiger partial charge on any atom is -0.506 e. The van der Waals surface area contributed by atoms with E-state index < -0.39 is 23.4 Å². The fraction of sp³-hybridized carbons (Fsp3) is 0.524. The second kappa shape index (κ2) is 6.59. The van der Waals surface area contributed by atoms with Crippen molar-refractivity contribution < 1.29 is 29.3 Å². The fourth-order valence-corrected chi connectivity index (χ4v) is 3.69. The Morgan fingerprint density at radius 1 is 1.30 bits per heavy atom. The van der Waals surface area contributed by atoms with Gasteiger partial charge in [-0.15, -0.1) is 0 Å². The standard InChI is InChI=1S/C21H26O6/c1-6-12(9-14(22)23)15-19-13(7-8-21(4,5)27-19)18(25)16-17(24)10(2)11(3)26-20(15)16/h7-8,10-12,25H,6,9H2,1-5H3,(H,22,23)/t10-,11-,12-/m1/s1. The molecule has 2 aliphatic heterocycles. The number of carbonyl (C=O) groups is 2. The Morgan fingerprint density at radius 3 is 2.56 bits per heavy atom. The molecular formula is C21H26O6. The van der Waals surface area contributed by atoms with E-state index in [0.29, 0.717) is 23.3 Å². The number of carboxylic acid groups (broad SMARTS) is 1. The number of ketones is 1. The third-order valence-corrected chi connectivity index (χ3v) is 5.46. The molecule has 0 saturated heterocycles. The van der Waals surface area contributed by atoms with Gasteiger partial charge in [0.2, 0.25) is 0 Å². The van der Waals surface area contributed by atoms with Gasteiger partial charge in [-0.3, -0.25) is 9.59 Å². The van der Waals surface area contributed by atoms with Gasteiger partial charge in [0.1, 0.15) is 34.5 Å². The number of Topliss-reactive ketones (excluding diaryl/α,β-unsaturated/α-hetero) is 1. The number of aliphatic carboxylic acids is 1. The molecule has 6 heteroatoms. The van der Waals surface area contributed by atoms with Crippen molar-refractivity contribution in [3.05, 3.63) is 22.8 Å². The first-order valence-corrected chi connectivity index (χ1v) is 9.31. The van der Waals surface area contributed by atoms with Crippen LogP contribution < -0.4 is 9.47 Å². The van der Waals surface area contributed by atoms with Gasteiger partial charge >= 0.3 is 5.97 Å². The molecule has 0 saturated carbocycles. The Hall–Kier alpha value is -2.50. The van der Waals surface area contributed by atoms with Gasteiger partial charge in [-0.25, -0.2) is 0 Å². The zero-order valence-electron chi connectivity index (χ0n) is 16.3. The molecule has 2 N–H and O–H groups in total. The summed E-state index contributed by atoms with van der Waals surface area (Å²) < 4.78 is 12.2. The highest BCUT2D eigenvalue weighted by Crippen LogP contribution is 2.53. The number of benzene rings is 1. The van der Waals surface area contributed by atoms with Gasteiger partial charge in [-0.1, -0.05) is 13.8 Å². The molecule has 146 valence electrons. The number of rotatable bonds is 4. The zero-order chi connectivity index (χ0) is 20.1. The summed E-state index contributed by atoms with van der Waals surface area (Å²) in [5.74, 6) is -1.44. The molecule has 3 rings (SSSR count). The Kier molecular flexibility index (Phi) is 4.70. The normalized spacial score (nSPS) is 23.7. The predicted octanol–water partition coefficient (Wildman–Crippen LogP) is 4.14. The van der Waals surface area contributed by atoms with Crippen molar-refractivity contribution >= 4 is 17.8 Å². The maximum Gasteiger partial charge on any atom is 0.303 e. The average molecular weight is 374 g/mol. The van der Waals surface area contributed by atoms with Crippen LogP contribution in [0.1, 0.15) is 74.9 Å². The summed E-state index contributed by atoms with van der Waals surface area (Å²) in [6, 6.07) is 0. The summed E-state index contributed by atoms with van der Waals surface area (Å²) >= 11 is 0. The van der Waals surface area contributed by atoms with E-state index in [2.05, 4.69) is 0 Å². The van der Waals surface area contributed by atoms with Crippen LogP contribution in [-0.4, -0.2) is 33.7 Å². The van der Waals surface area contributed by atoms with Crippen molar-refractivity contribution in [1.29, 1.82) is 0 Å². The first kappa shape index (κ1) is 19.3. The lowest BCUT2D eigenvalue weighted by Gasteiger charge is -2.36. The largest absolute Gasteiger partial charge is 0.506 e. The predicted molar refractivity (Wildman–Crippen MR) is 101 cm³/mol. The number of fused-ring (bicyclic) bond motifs is 2. The number of aromatic hydroxyl groups is 1. The van der Waals surface area contributed by atoms with Crippen LogP contribution in [0.5, 0.6) is 17.2 Å². The van der Waals surface area contributed by atoms with Crippen molar-refractivity contribution in [3.63, 3.8) is 0 Å². The number of carboxylic acids is 1. The van der Waals surface area contributed by atoms with E-state index in [1.165, 1.54) is 0 Å². The van der Waals surface area contributed by atoms with Crippen molar-refractivity contribution in [2.24, 2.45) is 5.92 Å². The topological polar surface area (TPSA) is 93.1 Å². The van der Waals surface area contributed by atoms with E-state index in [1.54, 1.807) is 19.9 Å². The minimum atomic E-state index is -0.938. The molecule has 0 radical (unpaired) electrons. The van der Waals surface area contributed by atoms with Gasteiger partial charge in [-0.05, 0) is 39.3 Å². The molecule has 0 aliphatic carbocycles. The van der Waals surface area contributed by atoms with Gasteiger partial charge in [0.05, 0.1) is 17.9 Å². The number of phenols is 1. The van der Waals surface area contributed by atoms with Gasteiger partial charge in [0.15, 0.2) is 5.78 Å². The van der Waals surface area contributed by atoms with Crippen molar-refractivity contribution in [2.75, 3.05) is 0 Å². The van der Waals surface area contributed by atoms with Crippen LogP contribution in [0.4, 0.5) is 0 Å². The maximum absolute atomic E-state index is 12.9. The van der Waals surface area contributed by atoms with Gasteiger partial charge in [0, 0.05) is 11.5 Å². The average Bonchev–Trinajstić information content (AvgIpc) is 2.57. The van der Waals surface area contributed by atoms with Gasteiger partial charge in [0.25, 0.3) is 0 Å². The molecule has 0 amide bonds. The third-order valence-electron chi connectivity index (χ3n) is 5.46. The lowest BCUT2D eigenvalue weighted by Crippen LogP contribution is -2.36. The summed E-state index contributed by atoms with van der Waals surface area (Å²) in [6.07, 6.45) is 3.58. The highest BCUT2D eigenvalue weighted by atomic mass is 16.5. The number of ether oxygens (including phenoxy) is 2. The Labute approximate surface area is 158 Å². The molecule has 2 aliphatic rings.